The third-order valence-corrected chi connectivity index (χ3v) is 3.48. The van der Waals surface area contributed by atoms with Gasteiger partial charge < -0.3 is 10.6 Å². The third-order valence-electron chi connectivity index (χ3n) is 3.48. The summed E-state index contributed by atoms with van der Waals surface area (Å²) in [6.45, 7) is 2.67. The summed E-state index contributed by atoms with van der Waals surface area (Å²) in [6.07, 6.45) is 8.05. The molecule has 1 fully saturated rings. The van der Waals surface area contributed by atoms with Crippen molar-refractivity contribution in [2.75, 3.05) is 7.05 Å². The van der Waals surface area contributed by atoms with Crippen molar-refractivity contribution in [1.29, 1.82) is 0 Å². The van der Waals surface area contributed by atoms with Crippen LogP contribution in [-0.2, 0) is 6.54 Å². The molecule has 3 rings (SSSR count). The lowest BCUT2D eigenvalue weighted by Gasteiger charge is -2.11. The summed E-state index contributed by atoms with van der Waals surface area (Å²) in [5.74, 6) is 2.67. The van der Waals surface area contributed by atoms with E-state index in [-0.39, 0.29) is 0 Å². The second-order valence-corrected chi connectivity index (χ2v) is 5.21. The fourth-order valence-electron chi connectivity index (χ4n) is 2.09. The number of hydrogen-bond acceptors (Lipinski definition) is 3. The van der Waals surface area contributed by atoms with Gasteiger partial charge in [0.1, 0.15) is 11.6 Å². The van der Waals surface area contributed by atoms with Gasteiger partial charge in [-0.3, -0.25) is 9.56 Å². The first-order valence-corrected chi connectivity index (χ1v) is 7.18. The molecule has 2 aromatic heterocycles. The Hall–Kier alpha value is -2.37. The molecule has 110 valence electrons. The van der Waals surface area contributed by atoms with E-state index in [1.807, 2.05) is 30.0 Å². The molecule has 0 bridgehead atoms. The Morgan fingerprint density at radius 3 is 2.81 bits per heavy atom. The van der Waals surface area contributed by atoms with Crippen LogP contribution in [-0.4, -0.2) is 33.6 Å². The fourth-order valence-corrected chi connectivity index (χ4v) is 2.09. The van der Waals surface area contributed by atoms with Crippen LogP contribution < -0.4 is 10.6 Å². The van der Waals surface area contributed by atoms with E-state index in [0.717, 1.165) is 23.2 Å². The highest BCUT2D eigenvalue weighted by molar-refractivity contribution is 5.80. The molecular formula is C15H20N6. The van der Waals surface area contributed by atoms with Gasteiger partial charge in [0.2, 0.25) is 0 Å². The van der Waals surface area contributed by atoms with Crippen LogP contribution in [0.25, 0.3) is 5.82 Å². The average Bonchev–Trinajstić information content (AvgIpc) is 3.23. The lowest BCUT2D eigenvalue weighted by molar-refractivity contribution is 0.801. The Bertz CT molecular complexity index is 624. The van der Waals surface area contributed by atoms with Crippen molar-refractivity contribution in [2.45, 2.75) is 32.4 Å². The van der Waals surface area contributed by atoms with Gasteiger partial charge in [-0.15, -0.1) is 0 Å². The van der Waals surface area contributed by atoms with Gasteiger partial charge in [0, 0.05) is 38.2 Å². The normalized spacial score (nSPS) is 15.0. The minimum absolute atomic E-state index is 0.598. The zero-order valence-electron chi connectivity index (χ0n) is 12.4. The Balaban J connectivity index is 1.60. The van der Waals surface area contributed by atoms with Crippen molar-refractivity contribution in [1.82, 2.24) is 25.2 Å². The van der Waals surface area contributed by atoms with Gasteiger partial charge in [0.05, 0.1) is 0 Å². The molecule has 1 aliphatic carbocycles. The maximum atomic E-state index is 4.48. The summed E-state index contributed by atoms with van der Waals surface area (Å²) in [7, 11) is 1.79. The number of hydrogen-bond donors (Lipinski definition) is 2. The molecule has 0 saturated heterocycles. The Morgan fingerprint density at radius 1 is 1.38 bits per heavy atom. The molecule has 0 amide bonds. The van der Waals surface area contributed by atoms with E-state index in [2.05, 4.69) is 31.7 Å². The summed E-state index contributed by atoms with van der Waals surface area (Å²) in [4.78, 5) is 12.9. The maximum absolute atomic E-state index is 4.48. The lowest BCUT2D eigenvalue weighted by Crippen LogP contribution is -2.38. The smallest absolute Gasteiger partial charge is 0.191 e. The van der Waals surface area contributed by atoms with Crippen molar-refractivity contribution in [3.8, 4) is 5.82 Å². The highest BCUT2D eigenvalue weighted by Gasteiger charge is 2.21. The number of aliphatic imine (C=N–C) groups is 1. The molecule has 2 aromatic rings. The van der Waals surface area contributed by atoms with Gasteiger partial charge in [0.25, 0.3) is 0 Å². The van der Waals surface area contributed by atoms with Crippen LogP contribution in [0.4, 0.5) is 0 Å². The van der Waals surface area contributed by atoms with Gasteiger partial charge in [-0.1, -0.05) is 6.07 Å². The van der Waals surface area contributed by atoms with Crippen molar-refractivity contribution in [3.63, 3.8) is 0 Å². The van der Waals surface area contributed by atoms with Crippen molar-refractivity contribution >= 4 is 5.96 Å². The molecule has 0 radical (unpaired) electrons. The van der Waals surface area contributed by atoms with Crippen LogP contribution in [0.3, 0.4) is 0 Å². The van der Waals surface area contributed by atoms with Gasteiger partial charge in [0.15, 0.2) is 5.96 Å². The molecule has 1 aliphatic rings. The van der Waals surface area contributed by atoms with E-state index in [9.17, 15) is 0 Å². The molecule has 21 heavy (non-hydrogen) atoms. The topological polar surface area (TPSA) is 67.1 Å². The van der Waals surface area contributed by atoms with Gasteiger partial charge in [-0.25, -0.2) is 9.97 Å². The van der Waals surface area contributed by atoms with E-state index in [4.69, 9.17) is 0 Å². The summed E-state index contributed by atoms with van der Waals surface area (Å²) in [5, 5.41) is 6.66. The highest BCUT2D eigenvalue weighted by Crippen LogP contribution is 2.18. The number of nitrogens with zero attached hydrogens (tertiary/aromatic N) is 4. The van der Waals surface area contributed by atoms with E-state index >= 15 is 0 Å². The number of imidazole rings is 1. The minimum Gasteiger partial charge on any atom is -0.354 e. The summed E-state index contributed by atoms with van der Waals surface area (Å²) >= 11 is 0. The molecular weight excluding hydrogens is 264 g/mol. The minimum atomic E-state index is 0.598. The van der Waals surface area contributed by atoms with Crippen molar-refractivity contribution < 1.29 is 0 Å². The van der Waals surface area contributed by atoms with Gasteiger partial charge in [-0.05, 0) is 31.4 Å². The maximum Gasteiger partial charge on any atom is 0.191 e. The summed E-state index contributed by atoms with van der Waals surface area (Å²) in [6, 6.07) is 4.67. The van der Waals surface area contributed by atoms with Gasteiger partial charge >= 0.3 is 0 Å². The molecule has 0 spiro atoms. The van der Waals surface area contributed by atoms with Crippen LogP contribution in [0.2, 0.25) is 0 Å². The SMILES string of the molecule is CN=C(NCc1ccc(-n2ccnc2C)nc1)NC1CC1. The number of aryl methyl sites for hydroxylation is 1. The van der Waals surface area contributed by atoms with Crippen LogP contribution in [0.5, 0.6) is 0 Å². The Morgan fingerprint density at radius 2 is 2.24 bits per heavy atom. The first kappa shape index (κ1) is 13.6. The molecule has 0 unspecified atom stereocenters. The molecule has 2 N–H and O–H groups in total. The molecule has 0 aliphatic heterocycles. The van der Waals surface area contributed by atoms with Crippen LogP contribution in [0.15, 0.2) is 35.7 Å². The Kier molecular flexibility index (Phi) is 3.85. The van der Waals surface area contributed by atoms with E-state index in [1.54, 1.807) is 13.2 Å². The zero-order chi connectivity index (χ0) is 14.7. The zero-order valence-corrected chi connectivity index (χ0v) is 12.4. The largest absolute Gasteiger partial charge is 0.354 e. The van der Waals surface area contributed by atoms with Crippen molar-refractivity contribution in [2.24, 2.45) is 4.99 Å². The van der Waals surface area contributed by atoms with Crippen molar-refractivity contribution in [3.05, 3.63) is 42.1 Å². The summed E-state index contributed by atoms with van der Waals surface area (Å²) < 4.78 is 1.96. The molecule has 6 heteroatoms. The number of pyridine rings is 1. The first-order chi connectivity index (χ1) is 10.3. The molecule has 6 nitrogen and oxygen atoms in total. The predicted molar refractivity (Wildman–Crippen MR) is 82.5 cm³/mol. The van der Waals surface area contributed by atoms with E-state index in [0.29, 0.717) is 12.6 Å². The lowest BCUT2D eigenvalue weighted by atomic mass is 10.3. The highest BCUT2D eigenvalue weighted by atomic mass is 15.2. The van der Waals surface area contributed by atoms with Crippen LogP contribution >= 0.6 is 0 Å². The first-order valence-electron chi connectivity index (χ1n) is 7.18. The molecule has 0 atom stereocenters. The summed E-state index contributed by atoms with van der Waals surface area (Å²) in [5.41, 5.74) is 1.12. The van der Waals surface area contributed by atoms with E-state index in [1.165, 1.54) is 12.8 Å². The molecule has 1 saturated carbocycles. The third kappa shape index (κ3) is 3.39. The van der Waals surface area contributed by atoms with Crippen LogP contribution in [0, 0.1) is 6.92 Å². The standard InChI is InChI=1S/C15H20N6/c1-11-17-7-8-21(11)14-6-3-12(9-18-14)10-19-15(16-2)20-13-4-5-13/h3,6-9,13H,4-5,10H2,1-2H3,(H2,16,19,20). The molecule has 0 aromatic carbocycles. The number of guanidine groups is 1. The fraction of sp³-hybridized carbons (Fsp3) is 0.400. The number of rotatable bonds is 4. The molecule has 2 heterocycles. The Labute approximate surface area is 124 Å². The second kappa shape index (κ2) is 5.95. The predicted octanol–water partition coefficient (Wildman–Crippen LogP) is 1.40. The second-order valence-electron chi connectivity index (χ2n) is 5.21. The quantitative estimate of drug-likeness (QED) is 0.658. The number of nitrogens with one attached hydrogen (secondary N) is 2. The van der Waals surface area contributed by atoms with Gasteiger partial charge in [-0.2, -0.15) is 0 Å². The van der Waals surface area contributed by atoms with E-state index < -0.39 is 0 Å². The monoisotopic (exact) mass is 284 g/mol. The average molecular weight is 284 g/mol. The number of aromatic nitrogens is 3. The van der Waals surface area contributed by atoms with Crippen LogP contribution in [0.1, 0.15) is 24.2 Å².